The average Bonchev–Trinajstić information content (AvgIpc) is 3.39. The van der Waals surface area contributed by atoms with E-state index in [1.54, 1.807) is 16.8 Å². The molecule has 164 valence electrons. The number of allylic oxidation sites excluding steroid dienone is 2. The van der Waals surface area contributed by atoms with Crippen molar-refractivity contribution in [3.05, 3.63) is 60.1 Å². The van der Waals surface area contributed by atoms with Gasteiger partial charge >= 0.3 is 0 Å². The van der Waals surface area contributed by atoms with Gasteiger partial charge < -0.3 is 10.4 Å². The zero-order chi connectivity index (χ0) is 22.2. The molecule has 2 aliphatic rings. The van der Waals surface area contributed by atoms with Gasteiger partial charge in [0.1, 0.15) is 17.3 Å². The van der Waals surface area contributed by atoms with Crippen LogP contribution in [0.5, 0.6) is 0 Å². The summed E-state index contributed by atoms with van der Waals surface area (Å²) in [7, 11) is 0. The highest BCUT2D eigenvalue weighted by Gasteiger charge is 2.24. The SMILES string of the molecule is Cc1nn(C2CCC(O)CC2)cc1-c1cc(SC2NC=CC=C2F)c2c(C#N)cnn2c1. The number of hydrogen-bond acceptors (Lipinski definition) is 6. The Morgan fingerprint density at radius 3 is 2.84 bits per heavy atom. The number of dihydropyridines is 1. The van der Waals surface area contributed by atoms with Crippen molar-refractivity contribution in [3.8, 4) is 17.2 Å². The molecular formula is C23H23FN6OS. The summed E-state index contributed by atoms with van der Waals surface area (Å²) < 4.78 is 18.1. The monoisotopic (exact) mass is 450 g/mol. The molecule has 0 spiro atoms. The average molecular weight is 451 g/mol. The second-order valence-corrected chi connectivity index (χ2v) is 9.35. The summed E-state index contributed by atoms with van der Waals surface area (Å²) in [6.45, 7) is 1.97. The first kappa shape index (κ1) is 20.8. The molecule has 5 rings (SSSR count). The van der Waals surface area contributed by atoms with Crippen LogP contribution >= 0.6 is 11.8 Å². The van der Waals surface area contributed by atoms with Gasteiger partial charge in [-0.05, 0) is 57.0 Å². The van der Waals surface area contributed by atoms with Gasteiger partial charge in [0.05, 0.1) is 35.1 Å². The lowest BCUT2D eigenvalue weighted by Crippen LogP contribution is -2.23. The molecule has 2 N–H and O–H groups in total. The molecule has 0 amide bonds. The summed E-state index contributed by atoms with van der Waals surface area (Å²) in [5.74, 6) is -0.275. The van der Waals surface area contributed by atoms with Crippen LogP contribution < -0.4 is 5.32 Å². The van der Waals surface area contributed by atoms with Crippen molar-refractivity contribution >= 4 is 17.3 Å². The standard InChI is InChI=1S/C23H23FN6OS/c1-14-19(13-29(28-14)17-4-6-18(31)7-5-17)15-9-21(32-23-20(24)3-2-8-26-23)22-16(10-25)11-27-30(22)12-15/h2-3,8-9,11-13,17-18,23,26,31H,4-7H2,1H3. The number of hydrogen-bond donors (Lipinski definition) is 2. The van der Waals surface area contributed by atoms with Crippen molar-refractivity contribution in [2.24, 2.45) is 0 Å². The summed E-state index contributed by atoms with van der Waals surface area (Å²) in [6.07, 6.45) is 13.4. The number of nitriles is 1. The molecule has 0 aromatic carbocycles. The smallest absolute Gasteiger partial charge is 0.133 e. The lowest BCUT2D eigenvalue weighted by Gasteiger charge is -2.25. The van der Waals surface area contributed by atoms with E-state index in [-0.39, 0.29) is 18.0 Å². The molecule has 1 unspecified atom stereocenters. The molecule has 1 saturated carbocycles. The van der Waals surface area contributed by atoms with Crippen LogP contribution in [-0.2, 0) is 0 Å². The van der Waals surface area contributed by atoms with Gasteiger partial charge in [0, 0.05) is 28.4 Å². The number of aliphatic hydroxyl groups excluding tert-OH is 1. The Kier molecular flexibility index (Phi) is 5.49. The quantitative estimate of drug-likeness (QED) is 0.618. The van der Waals surface area contributed by atoms with Crippen LogP contribution in [0.25, 0.3) is 16.6 Å². The molecule has 0 saturated heterocycles. The molecule has 1 aliphatic carbocycles. The molecule has 3 aromatic rings. The highest BCUT2D eigenvalue weighted by Crippen LogP contribution is 2.37. The van der Waals surface area contributed by atoms with Crippen LogP contribution in [0.2, 0.25) is 0 Å². The van der Waals surface area contributed by atoms with E-state index < -0.39 is 5.37 Å². The normalized spacial score (nSPS) is 23.1. The maximum atomic E-state index is 14.4. The summed E-state index contributed by atoms with van der Waals surface area (Å²) in [4.78, 5) is 0.765. The van der Waals surface area contributed by atoms with Crippen LogP contribution in [0, 0.1) is 18.3 Å². The highest BCUT2D eigenvalue weighted by atomic mass is 32.2. The fourth-order valence-corrected chi connectivity index (χ4v) is 5.45. The van der Waals surface area contributed by atoms with E-state index >= 15 is 0 Å². The zero-order valence-electron chi connectivity index (χ0n) is 17.6. The molecule has 9 heteroatoms. The second kappa shape index (κ2) is 8.45. The second-order valence-electron chi connectivity index (χ2n) is 8.20. The minimum atomic E-state index is -0.571. The molecule has 1 fully saturated rings. The number of fused-ring (bicyclic) bond motifs is 1. The van der Waals surface area contributed by atoms with Crippen LogP contribution in [-0.4, -0.2) is 36.0 Å². The minimum Gasteiger partial charge on any atom is -0.393 e. The van der Waals surface area contributed by atoms with Gasteiger partial charge in [-0.1, -0.05) is 11.8 Å². The maximum absolute atomic E-state index is 14.4. The topological polar surface area (TPSA) is 91.2 Å². The third-order valence-electron chi connectivity index (χ3n) is 6.06. The summed E-state index contributed by atoms with van der Waals surface area (Å²) >= 11 is 1.31. The van der Waals surface area contributed by atoms with Gasteiger partial charge in [-0.2, -0.15) is 15.5 Å². The lowest BCUT2D eigenvalue weighted by molar-refractivity contribution is 0.108. The van der Waals surface area contributed by atoms with Crippen molar-refractivity contribution in [2.75, 3.05) is 0 Å². The van der Waals surface area contributed by atoms with Crippen LogP contribution in [0.15, 0.2) is 53.7 Å². The first-order valence-electron chi connectivity index (χ1n) is 10.6. The molecule has 4 heterocycles. The van der Waals surface area contributed by atoms with Crippen molar-refractivity contribution in [1.82, 2.24) is 24.7 Å². The minimum absolute atomic E-state index is 0.212. The molecule has 1 atom stereocenters. The molecule has 0 bridgehead atoms. The molecule has 3 aromatic heterocycles. The van der Waals surface area contributed by atoms with Gasteiger partial charge in [-0.15, -0.1) is 0 Å². The highest BCUT2D eigenvalue weighted by molar-refractivity contribution is 8.00. The van der Waals surface area contributed by atoms with E-state index in [1.165, 1.54) is 24.0 Å². The Labute approximate surface area is 189 Å². The zero-order valence-corrected chi connectivity index (χ0v) is 18.4. The number of nitrogens with one attached hydrogen (secondary N) is 1. The van der Waals surface area contributed by atoms with Gasteiger partial charge in [0.15, 0.2) is 0 Å². The predicted molar refractivity (Wildman–Crippen MR) is 120 cm³/mol. The third-order valence-corrected chi connectivity index (χ3v) is 7.22. The number of aromatic nitrogens is 4. The molecule has 7 nitrogen and oxygen atoms in total. The van der Waals surface area contributed by atoms with E-state index in [2.05, 4.69) is 16.5 Å². The number of aryl methyl sites for hydroxylation is 1. The predicted octanol–water partition coefficient (Wildman–Crippen LogP) is 4.24. The Bertz CT molecular complexity index is 1260. The first-order valence-corrected chi connectivity index (χ1v) is 11.5. The molecular weight excluding hydrogens is 427 g/mol. The number of halogens is 1. The first-order chi connectivity index (χ1) is 15.5. The van der Waals surface area contributed by atoms with Crippen LogP contribution in [0.4, 0.5) is 4.39 Å². The van der Waals surface area contributed by atoms with Crippen molar-refractivity contribution in [1.29, 1.82) is 5.26 Å². The van der Waals surface area contributed by atoms with E-state index in [4.69, 9.17) is 5.10 Å². The van der Waals surface area contributed by atoms with Gasteiger partial charge in [-0.25, -0.2) is 8.91 Å². The maximum Gasteiger partial charge on any atom is 0.133 e. The Hall–Kier alpha value is -3.09. The molecule has 32 heavy (non-hydrogen) atoms. The largest absolute Gasteiger partial charge is 0.393 e. The number of aliphatic hydroxyl groups is 1. The van der Waals surface area contributed by atoms with Gasteiger partial charge in [0.25, 0.3) is 0 Å². The van der Waals surface area contributed by atoms with Gasteiger partial charge in [-0.3, -0.25) is 4.68 Å². The third kappa shape index (κ3) is 3.80. The Morgan fingerprint density at radius 2 is 2.09 bits per heavy atom. The molecule has 1 aliphatic heterocycles. The van der Waals surface area contributed by atoms with E-state index in [1.807, 2.05) is 30.1 Å². The lowest BCUT2D eigenvalue weighted by atomic mass is 9.93. The Morgan fingerprint density at radius 1 is 1.28 bits per heavy atom. The van der Waals surface area contributed by atoms with Crippen molar-refractivity contribution in [3.63, 3.8) is 0 Å². The van der Waals surface area contributed by atoms with Crippen LogP contribution in [0.1, 0.15) is 43.0 Å². The van der Waals surface area contributed by atoms with E-state index in [0.717, 1.165) is 47.4 Å². The van der Waals surface area contributed by atoms with Crippen LogP contribution in [0.3, 0.4) is 0 Å². The fourth-order valence-electron chi connectivity index (χ4n) is 4.35. The summed E-state index contributed by atoms with van der Waals surface area (Å²) in [5.41, 5.74) is 3.88. The van der Waals surface area contributed by atoms with Crippen molar-refractivity contribution < 1.29 is 9.50 Å². The number of nitrogens with zero attached hydrogens (tertiary/aromatic N) is 5. The molecule has 0 radical (unpaired) electrons. The van der Waals surface area contributed by atoms with Gasteiger partial charge in [0.2, 0.25) is 0 Å². The number of thioether (sulfide) groups is 1. The fraction of sp³-hybridized carbons (Fsp3) is 0.348. The number of pyridine rings is 1. The summed E-state index contributed by atoms with van der Waals surface area (Å²) in [5, 5.41) is 30.9. The summed E-state index contributed by atoms with van der Waals surface area (Å²) in [6, 6.07) is 4.44. The van der Waals surface area contributed by atoms with E-state index in [0.29, 0.717) is 11.1 Å². The Balaban J connectivity index is 1.55. The number of rotatable bonds is 4. The van der Waals surface area contributed by atoms with E-state index in [9.17, 15) is 14.8 Å². The van der Waals surface area contributed by atoms with Crippen molar-refractivity contribution in [2.45, 2.75) is 55.0 Å².